The summed E-state index contributed by atoms with van der Waals surface area (Å²) in [6.45, 7) is 4.03. The van der Waals surface area contributed by atoms with Gasteiger partial charge >= 0.3 is 0 Å². The molecule has 0 fully saturated rings. The summed E-state index contributed by atoms with van der Waals surface area (Å²) in [5.74, 6) is -0.723. The molecule has 10 heteroatoms. The summed E-state index contributed by atoms with van der Waals surface area (Å²) in [6, 6.07) is 11.4. The minimum atomic E-state index is -4.00. The first-order valence-electron chi connectivity index (χ1n) is 8.54. The molecule has 0 saturated heterocycles. The quantitative estimate of drug-likeness (QED) is 0.448. The van der Waals surface area contributed by atoms with Gasteiger partial charge in [0.05, 0.1) is 11.5 Å². The van der Waals surface area contributed by atoms with E-state index in [2.05, 4.69) is 10.6 Å². The van der Waals surface area contributed by atoms with Crippen molar-refractivity contribution in [1.29, 1.82) is 0 Å². The molecule has 0 atom stereocenters. The third-order valence-corrected chi connectivity index (χ3v) is 5.58. The number of hydrogen-bond donors (Lipinski definition) is 4. The molecule has 0 unspecified atom stereocenters. The summed E-state index contributed by atoms with van der Waals surface area (Å²) >= 11 is 0. The van der Waals surface area contributed by atoms with Crippen molar-refractivity contribution in [2.24, 2.45) is 0 Å². The molecule has 4 N–H and O–H groups in total. The van der Waals surface area contributed by atoms with E-state index < -0.39 is 20.2 Å². The second kappa shape index (κ2) is 8.91. The van der Waals surface area contributed by atoms with Gasteiger partial charge in [0.25, 0.3) is 20.2 Å². The van der Waals surface area contributed by atoms with Gasteiger partial charge in [-0.25, -0.2) is 0 Å². The van der Waals surface area contributed by atoms with E-state index in [1.165, 1.54) is 0 Å². The molecule has 0 saturated carbocycles. The molecule has 0 radical (unpaired) electrons. The highest BCUT2D eigenvalue weighted by molar-refractivity contribution is 7.86. The van der Waals surface area contributed by atoms with Crippen molar-refractivity contribution in [1.82, 2.24) is 0 Å². The molecule has 28 heavy (non-hydrogen) atoms. The minimum Gasteiger partial charge on any atom is -0.384 e. The van der Waals surface area contributed by atoms with Crippen LogP contribution in [-0.2, 0) is 20.2 Å². The number of hydrogen-bond acceptors (Lipinski definition) is 6. The van der Waals surface area contributed by atoms with Crippen molar-refractivity contribution >= 4 is 31.6 Å². The highest BCUT2D eigenvalue weighted by Gasteiger charge is 2.08. The van der Waals surface area contributed by atoms with Crippen LogP contribution >= 0.6 is 0 Å². The van der Waals surface area contributed by atoms with Crippen molar-refractivity contribution in [3.8, 4) is 11.1 Å². The third-order valence-electron chi connectivity index (χ3n) is 4.14. The fourth-order valence-corrected chi connectivity index (χ4v) is 3.43. The third kappa shape index (κ3) is 7.12. The van der Waals surface area contributed by atoms with Crippen LogP contribution in [0.5, 0.6) is 0 Å². The molecule has 0 aliphatic rings. The molecule has 0 aromatic heterocycles. The Morgan fingerprint density at radius 1 is 0.714 bits per heavy atom. The predicted octanol–water partition coefficient (Wildman–Crippen LogP) is 2.57. The summed E-state index contributed by atoms with van der Waals surface area (Å²) < 4.78 is 60.7. The van der Waals surface area contributed by atoms with Crippen LogP contribution in [0.25, 0.3) is 11.1 Å². The molecule has 0 amide bonds. The molecule has 2 aromatic rings. The van der Waals surface area contributed by atoms with E-state index in [0.717, 1.165) is 33.6 Å². The molecule has 0 aliphatic carbocycles. The van der Waals surface area contributed by atoms with E-state index in [9.17, 15) is 16.8 Å². The van der Waals surface area contributed by atoms with E-state index in [1.807, 2.05) is 50.2 Å². The van der Waals surface area contributed by atoms with Gasteiger partial charge in [-0.3, -0.25) is 9.11 Å². The average Bonchev–Trinajstić information content (AvgIpc) is 2.55. The fourth-order valence-electron chi connectivity index (χ4n) is 2.71. The molecule has 2 rings (SSSR count). The number of nitrogens with one attached hydrogen (secondary N) is 2. The Labute approximate surface area is 165 Å². The fraction of sp³-hybridized carbons (Fsp3) is 0.333. The SMILES string of the molecule is Cc1cc(-c2ccc(NCCS(=O)(=O)O)c(C)c2)ccc1NCCS(=O)(=O)O. The Morgan fingerprint density at radius 3 is 1.36 bits per heavy atom. The van der Waals surface area contributed by atoms with Crippen LogP contribution in [0.4, 0.5) is 11.4 Å². The van der Waals surface area contributed by atoms with E-state index in [4.69, 9.17) is 9.11 Å². The standard InChI is InChI=1S/C18H24N2O6S2/c1-13-11-15(3-5-17(13)19-7-9-27(21,22)23)16-4-6-18(14(2)12-16)20-8-10-28(24,25)26/h3-6,11-12,19-20H,7-10H2,1-2H3,(H,21,22,23)(H,24,25,26). The average molecular weight is 429 g/mol. The summed E-state index contributed by atoms with van der Waals surface area (Å²) in [5.41, 5.74) is 5.39. The Hall–Kier alpha value is -2.14. The molecule has 0 aliphatic heterocycles. The Bertz CT molecular complexity index is 964. The van der Waals surface area contributed by atoms with Gasteiger partial charge in [0.2, 0.25) is 0 Å². The van der Waals surface area contributed by atoms with Crippen LogP contribution in [0.15, 0.2) is 36.4 Å². The van der Waals surface area contributed by atoms with Crippen molar-refractivity contribution in [3.63, 3.8) is 0 Å². The zero-order valence-corrected chi connectivity index (χ0v) is 17.3. The van der Waals surface area contributed by atoms with Crippen LogP contribution in [0.1, 0.15) is 11.1 Å². The van der Waals surface area contributed by atoms with Gasteiger partial charge in [-0.1, -0.05) is 12.1 Å². The Balaban J connectivity index is 2.08. The van der Waals surface area contributed by atoms with Crippen LogP contribution in [0.2, 0.25) is 0 Å². The van der Waals surface area contributed by atoms with E-state index in [0.29, 0.717) is 0 Å². The van der Waals surface area contributed by atoms with E-state index in [1.54, 1.807) is 0 Å². The molecule has 0 bridgehead atoms. The summed E-state index contributed by atoms with van der Waals surface area (Å²) in [4.78, 5) is 0. The lowest BCUT2D eigenvalue weighted by Crippen LogP contribution is -2.15. The van der Waals surface area contributed by atoms with E-state index in [-0.39, 0.29) is 24.6 Å². The van der Waals surface area contributed by atoms with Gasteiger partial charge in [0, 0.05) is 24.5 Å². The lowest BCUT2D eigenvalue weighted by Gasteiger charge is -2.13. The largest absolute Gasteiger partial charge is 0.384 e. The van der Waals surface area contributed by atoms with Gasteiger partial charge in [-0.05, 0) is 60.4 Å². The highest BCUT2D eigenvalue weighted by Crippen LogP contribution is 2.28. The van der Waals surface area contributed by atoms with Crippen molar-refractivity contribution in [2.45, 2.75) is 13.8 Å². The number of rotatable bonds is 9. The lowest BCUT2D eigenvalue weighted by atomic mass is 10.00. The van der Waals surface area contributed by atoms with Gasteiger partial charge in [-0.2, -0.15) is 16.8 Å². The normalized spacial score (nSPS) is 12.0. The van der Waals surface area contributed by atoms with Crippen LogP contribution in [0.3, 0.4) is 0 Å². The molecule has 154 valence electrons. The second-order valence-electron chi connectivity index (χ2n) is 6.49. The van der Waals surface area contributed by atoms with Gasteiger partial charge in [-0.15, -0.1) is 0 Å². The number of anilines is 2. The van der Waals surface area contributed by atoms with Crippen LogP contribution < -0.4 is 10.6 Å². The lowest BCUT2D eigenvalue weighted by molar-refractivity contribution is 0.481. The first-order valence-corrected chi connectivity index (χ1v) is 11.8. The number of benzene rings is 2. The van der Waals surface area contributed by atoms with Gasteiger partial charge in [0.15, 0.2) is 0 Å². The van der Waals surface area contributed by atoms with E-state index >= 15 is 0 Å². The summed E-state index contributed by atoms with van der Waals surface area (Å²) in [5, 5.41) is 5.97. The minimum absolute atomic E-state index is 0.113. The maximum Gasteiger partial charge on any atom is 0.266 e. The Morgan fingerprint density at radius 2 is 1.07 bits per heavy atom. The molecular weight excluding hydrogens is 404 g/mol. The predicted molar refractivity (Wildman–Crippen MR) is 111 cm³/mol. The monoisotopic (exact) mass is 428 g/mol. The molecule has 2 aromatic carbocycles. The van der Waals surface area contributed by atoms with Gasteiger partial charge in [0.1, 0.15) is 0 Å². The maximum absolute atomic E-state index is 10.8. The smallest absolute Gasteiger partial charge is 0.266 e. The highest BCUT2D eigenvalue weighted by atomic mass is 32.2. The first kappa shape index (κ1) is 22.2. The molecule has 0 spiro atoms. The first-order chi connectivity index (χ1) is 12.9. The van der Waals surface area contributed by atoms with Gasteiger partial charge < -0.3 is 10.6 Å². The van der Waals surface area contributed by atoms with Crippen molar-refractivity contribution < 1.29 is 25.9 Å². The molecular formula is C18H24N2O6S2. The topological polar surface area (TPSA) is 133 Å². The maximum atomic E-state index is 10.8. The zero-order valence-electron chi connectivity index (χ0n) is 15.6. The molecule has 8 nitrogen and oxygen atoms in total. The zero-order chi connectivity index (χ0) is 20.9. The molecule has 0 heterocycles. The van der Waals surface area contributed by atoms with Crippen LogP contribution in [0, 0.1) is 13.8 Å². The van der Waals surface area contributed by atoms with Crippen molar-refractivity contribution in [2.75, 3.05) is 35.2 Å². The van der Waals surface area contributed by atoms with Crippen LogP contribution in [-0.4, -0.2) is 50.5 Å². The van der Waals surface area contributed by atoms with Crippen molar-refractivity contribution in [3.05, 3.63) is 47.5 Å². The summed E-state index contributed by atoms with van der Waals surface area (Å²) in [6.07, 6.45) is 0. The summed E-state index contributed by atoms with van der Waals surface area (Å²) in [7, 11) is -8.00. The Kier molecular flexibility index (Phi) is 7.05. The second-order valence-corrected chi connectivity index (χ2v) is 9.63. The number of aryl methyl sites for hydroxylation is 2.